The van der Waals surface area contributed by atoms with E-state index in [1.807, 2.05) is 36.1 Å². The van der Waals surface area contributed by atoms with E-state index in [1.165, 1.54) is 6.39 Å². The summed E-state index contributed by atoms with van der Waals surface area (Å²) in [7, 11) is 0. The van der Waals surface area contributed by atoms with Crippen LogP contribution in [0, 0.1) is 12.8 Å². The molecule has 1 fully saturated rings. The van der Waals surface area contributed by atoms with Crippen molar-refractivity contribution < 1.29 is 18.5 Å². The second-order valence-corrected chi connectivity index (χ2v) is 8.71. The summed E-state index contributed by atoms with van der Waals surface area (Å²) in [5, 5.41) is 4.02. The van der Waals surface area contributed by atoms with Crippen molar-refractivity contribution in [3.63, 3.8) is 0 Å². The molecule has 8 heteroatoms. The van der Waals surface area contributed by atoms with Gasteiger partial charge in [-0.2, -0.15) is 4.98 Å². The summed E-state index contributed by atoms with van der Waals surface area (Å²) in [5.74, 6) is 2.27. The molecule has 1 amide bonds. The molecule has 4 rings (SSSR count). The van der Waals surface area contributed by atoms with Crippen molar-refractivity contribution in [3.8, 4) is 11.3 Å². The van der Waals surface area contributed by atoms with Crippen LogP contribution in [0.15, 0.2) is 39.6 Å². The summed E-state index contributed by atoms with van der Waals surface area (Å²) in [4.78, 5) is 23.5. The zero-order valence-electron chi connectivity index (χ0n) is 18.9. The van der Waals surface area contributed by atoms with Crippen LogP contribution in [0.1, 0.15) is 54.5 Å². The van der Waals surface area contributed by atoms with Crippen LogP contribution in [0.4, 0.5) is 0 Å². The predicted octanol–water partition coefficient (Wildman–Crippen LogP) is 4.10. The quantitative estimate of drug-likeness (QED) is 0.523. The van der Waals surface area contributed by atoms with Gasteiger partial charge in [0.25, 0.3) is 5.91 Å². The number of aromatic nitrogens is 3. The highest BCUT2D eigenvalue weighted by Gasteiger charge is 2.28. The first-order chi connectivity index (χ1) is 15.5. The van der Waals surface area contributed by atoms with Gasteiger partial charge in [0.15, 0.2) is 23.7 Å². The fourth-order valence-electron chi connectivity index (χ4n) is 3.91. The normalized spacial score (nSPS) is 14.9. The van der Waals surface area contributed by atoms with Crippen molar-refractivity contribution in [1.29, 1.82) is 0 Å². The highest BCUT2D eigenvalue weighted by molar-refractivity contribution is 5.97. The van der Waals surface area contributed by atoms with Crippen LogP contribution in [0.3, 0.4) is 0 Å². The van der Waals surface area contributed by atoms with E-state index < -0.39 is 0 Å². The summed E-state index contributed by atoms with van der Waals surface area (Å²) >= 11 is 0. The lowest BCUT2D eigenvalue weighted by molar-refractivity contribution is 0.00934. The second kappa shape index (κ2) is 10.1. The molecule has 2 aromatic heterocycles. The lowest BCUT2D eigenvalue weighted by atomic mass is 10.1. The van der Waals surface area contributed by atoms with Crippen molar-refractivity contribution in [2.45, 2.75) is 52.6 Å². The number of hydrogen-bond acceptors (Lipinski definition) is 7. The van der Waals surface area contributed by atoms with Gasteiger partial charge >= 0.3 is 0 Å². The number of hydrogen-bond donors (Lipinski definition) is 0. The Morgan fingerprint density at radius 3 is 2.84 bits per heavy atom. The Hall–Kier alpha value is -3.00. The van der Waals surface area contributed by atoms with E-state index in [9.17, 15) is 4.79 Å². The molecule has 0 unspecified atom stereocenters. The molecule has 1 aliphatic heterocycles. The van der Waals surface area contributed by atoms with E-state index in [0.29, 0.717) is 55.2 Å². The molecular formula is C24H30N4O4. The number of aryl methyl sites for hydroxylation is 1. The van der Waals surface area contributed by atoms with Gasteiger partial charge < -0.3 is 18.6 Å². The molecule has 1 aliphatic rings. The monoisotopic (exact) mass is 438 g/mol. The molecule has 3 aromatic rings. The van der Waals surface area contributed by atoms with Crippen LogP contribution in [0.25, 0.3) is 11.3 Å². The highest BCUT2D eigenvalue weighted by atomic mass is 16.5. The first kappa shape index (κ1) is 22.2. The number of carbonyl (C=O) groups is 1. The van der Waals surface area contributed by atoms with E-state index in [4.69, 9.17) is 13.7 Å². The molecule has 0 aliphatic carbocycles. The molecule has 0 spiro atoms. The van der Waals surface area contributed by atoms with Gasteiger partial charge in [0.2, 0.25) is 5.89 Å². The standard InChI is InChI=1S/C24H30N4O4/c1-16(2)13-21-26-20(27-32-21)9-12-30-19-7-10-28(11-8-19)24(29)22-23(31-15-25-22)18-6-4-5-17(3)14-18/h4-6,14-16,19H,7-13H2,1-3H3. The maximum Gasteiger partial charge on any atom is 0.276 e. The van der Waals surface area contributed by atoms with E-state index in [1.54, 1.807) is 0 Å². The smallest absolute Gasteiger partial charge is 0.276 e. The minimum absolute atomic E-state index is 0.0989. The fourth-order valence-corrected chi connectivity index (χ4v) is 3.91. The van der Waals surface area contributed by atoms with Crippen LogP contribution in [-0.2, 0) is 17.6 Å². The Morgan fingerprint density at radius 1 is 1.28 bits per heavy atom. The molecule has 0 N–H and O–H groups in total. The second-order valence-electron chi connectivity index (χ2n) is 8.71. The average molecular weight is 439 g/mol. The van der Waals surface area contributed by atoms with Gasteiger partial charge in [-0.1, -0.05) is 42.8 Å². The molecule has 32 heavy (non-hydrogen) atoms. The fraction of sp³-hybridized carbons (Fsp3) is 0.500. The number of piperidine rings is 1. The molecular weight excluding hydrogens is 408 g/mol. The Kier molecular flexibility index (Phi) is 6.99. The van der Waals surface area contributed by atoms with Crippen LogP contribution >= 0.6 is 0 Å². The van der Waals surface area contributed by atoms with Gasteiger partial charge in [0.05, 0.1) is 12.7 Å². The van der Waals surface area contributed by atoms with Gasteiger partial charge in [-0.3, -0.25) is 4.79 Å². The molecule has 0 bridgehead atoms. The molecule has 0 radical (unpaired) electrons. The maximum atomic E-state index is 13.1. The Bertz CT molecular complexity index is 1030. The topological polar surface area (TPSA) is 94.5 Å². The van der Waals surface area contributed by atoms with Crippen LogP contribution < -0.4 is 0 Å². The van der Waals surface area contributed by atoms with Crippen LogP contribution in [0.2, 0.25) is 0 Å². The van der Waals surface area contributed by atoms with Crippen molar-refractivity contribution in [3.05, 3.63) is 53.6 Å². The summed E-state index contributed by atoms with van der Waals surface area (Å²) in [5.41, 5.74) is 2.33. The lowest BCUT2D eigenvalue weighted by Crippen LogP contribution is -2.41. The number of likely N-dealkylation sites (tertiary alicyclic amines) is 1. The van der Waals surface area contributed by atoms with Gasteiger partial charge in [-0.15, -0.1) is 0 Å². The molecule has 3 heterocycles. The Balaban J connectivity index is 1.26. The van der Waals surface area contributed by atoms with E-state index in [2.05, 4.69) is 29.0 Å². The molecule has 8 nitrogen and oxygen atoms in total. The third kappa shape index (κ3) is 5.43. The number of rotatable bonds is 8. The number of oxazole rings is 1. The van der Waals surface area contributed by atoms with Crippen molar-refractivity contribution in [2.24, 2.45) is 5.92 Å². The Morgan fingerprint density at radius 2 is 2.09 bits per heavy atom. The van der Waals surface area contributed by atoms with Crippen molar-refractivity contribution >= 4 is 5.91 Å². The van der Waals surface area contributed by atoms with Crippen molar-refractivity contribution in [2.75, 3.05) is 19.7 Å². The molecule has 0 atom stereocenters. The molecule has 1 aromatic carbocycles. The summed E-state index contributed by atoms with van der Waals surface area (Å²) in [6, 6.07) is 7.88. The van der Waals surface area contributed by atoms with Crippen molar-refractivity contribution in [1.82, 2.24) is 20.0 Å². The Labute approximate surface area is 188 Å². The molecule has 170 valence electrons. The lowest BCUT2D eigenvalue weighted by Gasteiger charge is -2.31. The zero-order valence-corrected chi connectivity index (χ0v) is 18.9. The third-order valence-electron chi connectivity index (χ3n) is 5.55. The zero-order chi connectivity index (χ0) is 22.5. The largest absolute Gasteiger partial charge is 0.443 e. The van der Waals surface area contributed by atoms with Crippen LogP contribution in [0.5, 0.6) is 0 Å². The third-order valence-corrected chi connectivity index (χ3v) is 5.55. The first-order valence-corrected chi connectivity index (χ1v) is 11.2. The number of carbonyl (C=O) groups excluding carboxylic acids is 1. The minimum atomic E-state index is -0.0989. The molecule has 0 saturated carbocycles. The van der Waals surface area contributed by atoms with Gasteiger partial charge in [-0.05, 0) is 31.7 Å². The average Bonchev–Trinajstić information content (AvgIpc) is 3.43. The van der Waals surface area contributed by atoms with Crippen LogP contribution in [-0.4, -0.2) is 51.7 Å². The number of amides is 1. The minimum Gasteiger partial charge on any atom is -0.443 e. The predicted molar refractivity (Wildman–Crippen MR) is 118 cm³/mol. The summed E-state index contributed by atoms with van der Waals surface area (Å²) in [6.45, 7) is 8.05. The number of nitrogens with zero attached hydrogens (tertiary/aromatic N) is 4. The summed E-state index contributed by atoms with van der Waals surface area (Å²) < 4.78 is 16.8. The number of ether oxygens (including phenoxy) is 1. The van der Waals surface area contributed by atoms with Gasteiger partial charge in [-0.25, -0.2) is 4.98 Å². The highest BCUT2D eigenvalue weighted by Crippen LogP contribution is 2.26. The first-order valence-electron chi connectivity index (χ1n) is 11.2. The van der Waals surface area contributed by atoms with E-state index in [-0.39, 0.29) is 12.0 Å². The van der Waals surface area contributed by atoms with Gasteiger partial charge in [0, 0.05) is 31.5 Å². The molecule has 1 saturated heterocycles. The maximum absolute atomic E-state index is 13.1. The van der Waals surface area contributed by atoms with E-state index >= 15 is 0 Å². The SMILES string of the molecule is Cc1cccc(-c2ocnc2C(=O)N2CCC(OCCc3noc(CC(C)C)n3)CC2)c1. The number of benzene rings is 1. The summed E-state index contributed by atoms with van der Waals surface area (Å²) in [6.07, 6.45) is 4.44. The van der Waals surface area contributed by atoms with E-state index in [0.717, 1.165) is 30.4 Å². The van der Waals surface area contributed by atoms with Gasteiger partial charge in [0.1, 0.15) is 0 Å².